The molecule has 1 unspecified atom stereocenters. The van der Waals surface area contributed by atoms with Gasteiger partial charge in [0.05, 0.1) is 17.5 Å². The zero-order valence-corrected chi connectivity index (χ0v) is 19.1. The van der Waals surface area contributed by atoms with Crippen LogP contribution in [0.3, 0.4) is 0 Å². The van der Waals surface area contributed by atoms with Crippen LogP contribution >= 0.6 is 11.6 Å². The highest BCUT2D eigenvalue weighted by Gasteiger charge is 2.29. The molecule has 2 aromatic carbocycles. The molecule has 1 amide bonds. The zero-order chi connectivity index (χ0) is 21.9. The summed E-state index contributed by atoms with van der Waals surface area (Å²) in [4.78, 5) is 14.7. The predicted octanol–water partition coefficient (Wildman–Crippen LogP) is 3.14. The van der Waals surface area contributed by atoms with Crippen molar-refractivity contribution in [2.75, 3.05) is 32.7 Å². The van der Waals surface area contributed by atoms with Crippen LogP contribution in [0.5, 0.6) is 0 Å². The van der Waals surface area contributed by atoms with Gasteiger partial charge in [0.15, 0.2) is 0 Å². The number of rotatable bonds is 6. The summed E-state index contributed by atoms with van der Waals surface area (Å²) in [5.74, 6) is -0.104. The summed E-state index contributed by atoms with van der Waals surface area (Å²) in [5, 5.41) is 3.59. The molecule has 8 heteroatoms. The van der Waals surface area contributed by atoms with Gasteiger partial charge in [0.25, 0.3) is 0 Å². The highest BCUT2D eigenvalue weighted by Crippen LogP contribution is 2.22. The van der Waals surface area contributed by atoms with Crippen molar-refractivity contribution in [3.8, 4) is 0 Å². The highest BCUT2D eigenvalue weighted by molar-refractivity contribution is 7.89. The van der Waals surface area contributed by atoms with Crippen LogP contribution in [-0.2, 0) is 14.8 Å². The van der Waals surface area contributed by atoms with Gasteiger partial charge in [-0.15, -0.1) is 0 Å². The average molecular weight is 450 g/mol. The summed E-state index contributed by atoms with van der Waals surface area (Å²) in [6.07, 6.45) is 0. The number of piperazine rings is 1. The number of aryl methyl sites for hydroxylation is 2. The normalized spacial score (nSPS) is 16.9. The van der Waals surface area contributed by atoms with Crippen molar-refractivity contribution >= 4 is 27.5 Å². The molecule has 3 rings (SSSR count). The molecule has 0 spiro atoms. The molecule has 0 bridgehead atoms. The maximum atomic E-state index is 12.9. The average Bonchev–Trinajstić information content (AvgIpc) is 2.70. The van der Waals surface area contributed by atoms with Crippen molar-refractivity contribution in [2.45, 2.75) is 31.7 Å². The molecule has 162 valence electrons. The second-order valence-corrected chi connectivity index (χ2v) is 10.1. The maximum Gasteiger partial charge on any atom is 0.243 e. The molecule has 1 aliphatic rings. The Balaban J connectivity index is 1.54. The predicted molar refractivity (Wildman–Crippen MR) is 119 cm³/mol. The number of halogens is 1. The SMILES string of the molecule is Cc1ccc(S(=O)(=O)N2CCN(CC(=O)NC(C)c3ccccc3Cl)CC2)cc1C. The van der Waals surface area contributed by atoms with Crippen molar-refractivity contribution in [1.29, 1.82) is 0 Å². The molecule has 1 saturated heterocycles. The minimum absolute atomic E-state index is 0.104. The zero-order valence-electron chi connectivity index (χ0n) is 17.6. The van der Waals surface area contributed by atoms with E-state index in [-0.39, 0.29) is 18.5 Å². The molecule has 2 aromatic rings. The molecule has 0 radical (unpaired) electrons. The van der Waals surface area contributed by atoms with Crippen LogP contribution in [0.4, 0.5) is 0 Å². The Hall–Kier alpha value is -1.93. The number of carbonyl (C=O) groups is 1. The first-order chi connectivity index (χ1) is 14.2. The summed E-state index contributed by atoms with van der Waals surface area (Å²) < 4.78 is 27.4. The number of sulfonamides is 1. The number of nitrogens with one attached hydrogen (secondary N) is 1. The Kier molecular flexibility index (Phi) is 7.18. The standard InChI is InChI=1S/C22H28ClN3O3S/c1-16-8-9-19(14-17(16)2)30(28,29)26-12-10-25(11-13-26)15-22(27)24-18(3)20-6-4-5-7-21(20)23/h4-9,14,18H,10-13,15H2,1-3H3,(H,24,27). The van der Waals surface area contributed by atoms with Crippen molar-refractivity contribution in [3.63, 3.8) is 0 Å². The van der Waals surface area contributed by atoms with E-state index in [0.717, 1.165) is 16.7 Å². The lowest BCUT2D eigenvalue weighted by Gasteiger charge is -2.33. The van der Waals surface area contributed by atoms with Gasteiger partial charge in [0.1, 0.15) is 0 Å². The number of amides is 1. The number of benzene rings is 2. The third kappa shape index (κ3) is 5.21. The smallest absolute Gasteiger partial charge is 0.243 e. The molecule has 0 saturated carbocycles. The topological polar surface area (TPSA) is 69.7 Å². The summed E-state index contributed by atoms with van der Waals surface area (Å²) in [7, 11) is -3.52. The van der Waals surface area contributed by atoms with E-state index < -0.39 is 10.0 Å². The minimum Gasteiger partial charge on any atom is -0.348 e. The van der Waals surface area contributed by atoms with Crippen LogP contribution < -0.4 is 5.32 Å². The lowest BCUT2D eigenvalue weighted by molar-refractivity contribution is -0.123. The van der Waals surface area contributed by atoms with E-state index in [1.54, 1.807) is 18.2 Å². The van der Waals surface area contributed by atoms with Gasteiger partial charge in [0.2, 0.25) is 15.9 Å². The Morgan fingerprint density at radius 2 is 1.73 bits per heavy atom. The molecule has 1 atom stereocenters. The molecule has 1 N–H and O–H groups in total. The number of carbonyl (C=O) groups excluding carboxylic acids is 1. The molecular formula is C22H28ClN3O3S. The minimum atomic E-state index is -3.52. The molecule has 30 heavy (non-hydrogen) atoms. The number of hydrogen-bond acceptors (Lipinski definition) is 4. The van der Waals surface area contributed by atoms with Crippen molar-refractivity contribution in [1.82, 2.24) is 14.5 Å². The van der Waals surface area contributed by atoms with E-state index in [2.05, 4.69) is 5.32 Å². The summed E-state index contributed by atoms with van der Waals surface area (Å²) in [6.45, 7) is 7.75. The fourth-order valence-electron chi connectivity index (χ4n) is 3.55. The molecule has 0 aromatic heterocycles. The first-order valence-corrected chi connectivity index (χ1v) is 11.8. The molecule has 1 aliphatic heterocycles. The van der Waals surface area contributed by atoms with Crippen LogP contribution in [0.25, 0.3) is 0 Å². The number of hydrogen-bond donors (Lipinski definition) is 1. The van der Waals surface area contributed by atoms with E-state index in [1.807, 2.05) is 49.9 Å². The van der Waals surface area contributed by atoms with E-state index in [9.17, 15) is 13.2 Å². The van der Waals surface area contributed by atoms with E-state index in [0.29, 0.717) is 36.1 Å². The van der Waals surface area contributed by atoms with Crippen LogP contribution in [0, 0.1) is 13.8 Å². The molecule has 0 aliphatic carbocycles. The maximum absolute atomic E-state index is 12.9. The lowest BCUT2D eigenvalue weighted by Crippen LogP contribution is -2.51. The monoisotopic (exact) mass is 449 g/mol. The Bertz CT molecular complexity index is 1020. The summed E-state index contributed by atoms with van der Waals surface area (Å²) in [5.41, 5.74) is 2.90. The van der Waals surface area contributed by atoms with Gasteiger partial charge in [-0.05, 0) is 55.7 Å². The Morgan fingerprint density at radius 3 is 2.37 bits per heavy atom. The third-order valence-electron chi connectivity index (χ3n) is 5.56. The van der Waals surface area contributed by atoms with Crippen molar-refractivity contribution in [3.05, 3.63) is 64.2 Å². The summed E-state index contributed by atoms with van der Waals surface area (Å²) >= 11 is 6.20. The van der Waals surface area contributed by atoms with Gasteiger partial charge in [-0.1, -0.05) is 35.9 Å². The second kappa shape index (κ2) is 9.47. The van der Waals surface area contributed by atoms with Gasteiger partial charge >= 0.3 is 0 Å². The van der Waals surface area contributed by atoms with Crippen LogP contribution in [-0.4, -0.2) is 56.3 Å². The quantitative estimate of drug-likeness (QED) is 0.735. The fourth-order valence-corrected chi connectivity index (χ4v) is 5.35. The summed E-state index contributed by atoms with van der Waals surface area (Å²) in [6, 6.07) is 12.5. The van der Waals surface area contributed by atoms with E-state index in [1.165, 1.54) is 4.31 Å². The first kappa shape index (κ1) is 22.7. The third-order valence-corrected chi connectivity index (χ3v) is 7.80. The van der Waals surface area contributed by atoms with E-state index >= 15 is 0 Å². The van der Waals surface area contributed by atoms with Crippen LogP contribution in [0.15, 0.2) is 47.4 Å². The molecule has 1 fully saturated rings. The molecule has 1 heterocycles. The fraction of sp³-hybridized carbons (Fsp3) is 0.409. The van der Waals surface area contributed by atoms with Gasteiger partial charge in [0, 0.05) is 31.2 Å². The Morgan fingerprint density at radius 1 is 1.07 bits per heavy atom. The Labute approximate surface area is 183 Å². The van der Waals surface area contributed by atoms with Gasteiger partial charge in [-0.2, -0.15) is 4.31 Å². The van der Waals surface area contributed by atoms with Crippen LogP contribution in [0.2, 0.25) is 5.02 Å². The molecular weight excluding hydrogens is 422 g/mol. The van der Waals surface area contributed by atoms with E-state index in [4.69, 9.17) is 11.6 Å². The van der Waals surface area contributed by atoms with Gasteiger partial charge in [-0.3, -0.25) is 9.69 Å². The number of nitrogens with zero attached hydrogens (tertiary/aromatic N) is 2. The van der Waals surface area contributed by atoms with Crippen molar-refractivity contribution in [2.24, 2.45) is 0 Å². The molecule has 6 nitrogen and oxygen atoms in total. The second-order valence-electron chi connectivity index (χ2n) is 7.74. The largest absolute Gasteiger partial charge is 0.348 e. The highest BCUT2D eigenvalue weighted by atomic mass is 35.5. The van der Waals surface area contributed by atoms with Gasteiger partial charge in [-0.25, -0.2) is 8.42 Å². The van der Waals surface area contributed by atoms with Gasteiger partial charge < -0.3 is 5.32 Å². The lowest BCUT2D eigenvalue weighted by atomic mass is 10.1. The van der Waals surface area contributed by atoms with Crippen molar-refractivity contribution < 1.29 is 13.2 Å². The first-order valence-electron chi connectivity index (χ1n) is 10.0. The van der Waals surface area contributed by atoms with Crippen LogP contribution in [0.1, 0.15) is 29.7 Å².